The molecule has 2 saturated heterocycles. The van der Waals surface area contributed by atoms with Gasteiger partial charge in [-0.2, -0.15) is 0 Å². The molecule has 2 heterocycles. The number of ether oxygens (including phenoxy) is 2. The summed E-state index contributed by atoms with van der Waals surface area (Å²) in [6, 6.07) is 6.22. The van der Waals surface area contributed by atoms with Gasteiger partial charge in [0.2, 0.25) is 5.91 Å². The first-order valence-electron chi connectivity index (χ1n) is 9.75. The minimum atomic E-state index is 0.236. The Morgan fingerprint density at radius 3 is 2.54 bits per heavy atom. The molecule has 1 aromatic carbocycles. The molecular formula is C21H32N2O3. The predicted octanol–water partition coefficient (Wildman–Crippen LogP) is 3.35. The number of carbonyl (C=O) groups is 1. The van der Waals surface area contributed by atoms with Crippen LogP contribution in [-0.4, -0.2) is 56.1 Å². The van der Waals surface area contributed by atoms with Gasteiger partial charge < -0.3 is 14.4 Å². The van der Waals surface area contributed by atoms with Crippen LogP contribution in [0.2, 0.25) is 0 Å². The number of nitrogens with zero attached hydrogens (tertiary/aromatic N) is 2. The van der Waals surface area contributed by atoms with Crippen LogP contribution in [0, 0.1) is 11.8 Å². The zero-order valence-electron chi connectivity index (χ0n) is 16.5. The maximum Gasteiger partial charge on any atom is 0.236 e. The number of rotatable bonds is 5. The van der Waals surface area contributed by atoms with Crippen LogP contribution in [0.4, 0.5) is 0 Å². The second-order valence-electron chi connectivity index (χ2n) is 7.98. The Morgan fingerprint density at radius 2 is 1.88 bits per heavy atom. The molecule has 3 atom stereocenters. The van der Waals surface area contributed by atoms with Crippen molar-refractivity contribution in [3.05, 3.63) is 23.8 Å². The molecule has 2 aliphatic heterocycles. The van der Waals surface area contributed by atoms with Crippen LogP contribution >= 0.6 is 0 Å². The fraction of sp³-hybridized carbons (Fsp3) is 0.667. The highest BCUT2D eigenvalue weighted by molar-refractivity contribution is 5.78. The van der Waals surface area contributed by atoms with Gasteiger partial charge in [-0.15, -0.1) is 0 Å². The maximum atomic E-state index is 12.9. The van der Waals surface area contributed by atoms with Crippen molar-refractivity contribution < 1.29 is 14.3 Å². The van der Waals surface area contributed by atoms with E-state index in [2.05, 4.69) is 29.7 Å². The molecule has 0 aromatic heterocycles. The van der Waals surface area contributed by atoms with Gasteiger partial charge in [-0.25, -0.2) is 0 Å². The van der Waals surface area contributed by atoms with Crippen LogP contribution in [0.3, 0.4) is 0 Å². The summed E-state index contributed by atoms with van der Waals surface area (Å²) in [5.74, 6) is 3.09. The SMILES string of the molecule is COc1ccc([C@@H]2CCCN2CC(=O)N2C[C@H](C)C[C@@H](C)C2)c(OC)c1. The van der Waals surface area contributed by atoms with E-state index >= 15 is 0 Å². The first-order chi connectivity index (χ1) is 12.5. The summed E-state index contributed by atoms with van der Waals surface area (Å²) in [4.78, 5) is 17.3. The normalized spacial score (nSPS) is 26.8. The van der Waals surface area contributed by atoms with E-state index in [0.717, 1.165) is 49.5 Å². The first kappa shape index (κ1) is 19.0. The predicted molar refractivity (Wildman–Crippen MR) is 103 cm³/mol. The highest BCUT2D eigenvalue weighted by atomic mass is 16.5. The van der Waals surface area contributed by atoms with Gasteiger partial charge in [0.05, 0.1) is 20.8 Å². The van der Waals surface area contributed by atoms with Gasteiger partial charge in [-0.1, -0.05) is 19.9 Å². The molecule has 5 heteroatoms. The third-order valence-corrected chi connectivity index (χ3v) is 5.72. The van der Waals surface area contributed by atoms with Crippen molar-refractivity contribution in [2.45, 2.75) is 39.2 Å². The van der Waals surface area contributed by atoms with Crippen molar-refractivity contribution in [2.75, 3.05) is 40.4 Å². The van der Waals surface area contributed by atoms with Crippen molar-refractivity contribution in [3.63, 3.8) is 0 Å². The highest BCUT2D eigenvalue weighted by Crippen LogP contribution is 2.38. The van der Waals surface area contributed by atoms with Crippen LogP contribution in [0.25, 0.3) is 0 Å². The lowest BCUT2D eigenvalue weighted by Crippen LogP contribution is -2.46. The Morgan fingerprint density at radius 1 is 1.15 bits per heavy atom. The van der Waals surface area contributed by atoms with Gasteiger partial charge in [0.25, 0.3) is 0 Å². The average Bonchev–Trinajstić information content (AvgIpc) is 3.08. The minimum absolute atomic E-state index is 0.236. The van der Waals surface area contributed by atoms with Gasteiger partial charge in [0.1, 0.15) is 11.5 Å². The standard InChI is InChI=1S/C21H32N2O3/c1-15-10-16(2)13-23(12-15)21(24)14-22-9-5-6-19(22)18-8-7-17(25-3)11-20(18)26-4/h7-8,11,15-16,19H,5-6,9-10,12-14H2,1-4H3/t15-,16-,19+/m1/s1. The number of methoxy groups -OCH3 is 2. The maximum absolute atomic E-state index is 12.9. The third-order valence-electron chi connectivity index (χ3n) is 5.72. The zero-order chi connectivity index (χ0) is 18.7. The van der Waals surface area contributed by atoms with E-state index in [1.807, 2.05) is 12.1 Å². The van der Waals surface area contributed by atoms with Crippen LogP contribution in [0.1, 0.15) is 44.7 Å². The van der Waals surface area contributed by atoms with Gasteiger partial charge in [-0.05, 0) is 43.7 Å². The van der Waals surface area contributed by atoms with Crippen LogP contribution in [-0.2, 0) is 4.79 Å². The van der Waals surface area contributed by atoms with Gasteiger partial charge >= 0.3 is 0 Å². The lowest BCUT2D eigenvalue weighted by molar-refractivity contribution is -0.135. The molecule has 0 bridgehead atoms. The largest absolute Gasteiger partial charge is 0.497 e. The summed E-state index contributed by atoms with van der Waals surface area (Å²) in [5.41, 5.74) is 1.15. The molecule has 5 nitrogen and oxygen atoms in total. The fourth-order valence-corrected chi connectivity index (χ4v) is 4.60. The Balaban J connectivity index is 1.71. The molecular weight excluding hydrogens is 328 g/mol. The van der Waals surface area contributed by atoms with E-state index < -0.39 is 0 Å². The zero-order valence-corrected chi connectivity index (χ0v) is 16.5. The van der Waals surface area contributed by atoms with E-state index in [-0.39, 0.29) is 11.9 Å². The monoisotopic (exact) mass is 360 g/mol. The van der Waals surface area contributed by atoms with Gasteiger partial charge in [-0.3, -0.25) is 9.69 Å². The Kier molecular flexibility index (Phi) is 6.07. The molecule has 0 N–H and O–H groups in total. The number of likely N-dealkylation sites (tertiary alicyclic amines) is 2. The molecule has 2 fully saturated rings. The van der Waals surface area contributed by atoms with Crippen molar-refractivity contribution >= 4 is 5.91 Å². The molecule has 0 unspecified atom stereocenters. The van der Waals surface area contributed by atoms with Crippen molar-refractivity contribution in [2.24, 2.45) is 11.8 Å². The number of piperidine rings is 1. The topological polar surface area (TPSA) is 42.0 Å². The number of benzene rings is 1. The van der Waals surface area contributed by atoms with Gasteiger partial charge in [0.15, 0.2) is 0 Å². The second-order valence-corrected chi connectivity index (χ2v) is 7.98. The second kappa shape index (κ2) is 8.30. The molecule has 2 aliphatic rings. The molecule has 3 rings (SSSR count). The Labute approximate surface area is 157 Å². The molecule has 26 heavy (non-hydrogen) atoms. The van der Waals surface area contributed by atoms with E-state index in [1.165, 1.54) is 6.42 Å². The summed E-state index contributed by atoms with van der Waals surface area (Å²) in [5, 5.41) is 0. The average molecular weight is 360 g/mol. The quantitative estimate of drug-likeness (QED) is 0.808. The molecule has 0 saturated carbocycles. The third kappa shape index (κ3) is 4.14. The van der Waals surface area contributed by atoms with E-state index in [9.17, 15) is 4.79 Å². The molecule has 0 spiro atoms. The summed E-state index contributed by atoms with van der Waals surface area (Å²) >= 11 is 0. The lowest BCUT2D eigenvalue weighted by Gasteiger charge is -2.36. The summed E-state index contributed by atoms with van der Waals surface area (Å²) in [7, 11) is 3.36. The van der Waals surface area contributed by atoms with E-state index in [0.29, 0.717) is 18.4 Å². The molecule has 144 valence electrons. The van der Waals surface area contributed by atoms with Crippen LogP contribution in [0.5, 0.6) is 11.5 Å². The Hall–Kier alpha value is -1.75. The smallest absolute Gasteiger partial charge is 0.236 e. The van der Waals surface area contributed by atoms with Crippen molar-refractivity contribution in [1.82, 2.24) is 9.80 Å². The summed E-state index contributed by atoms with van der Waals surface area (Å²) < 4.78 is 10.9. The molecule has 0 radical (unpaired) electrons. The molecule has 1 amide bonds. The van der Waals surface area contributed by atoms with Crippen molar-refractivity contribution in [3.8, 4) is 11.5 Å². The number of amides is 1. The minimum Gasteiger partial charge on any atom is -0.497 e. The number of hydrogen-bond donors (Lipinski definition) is 0. The molecule has 1 aromatic rings. The van der Waals surface area contributed by atoms with Crippen LogP contribution in [0.15, 0.2) is 18.2 Å². The number of hydrogen-bond acceptors (Lipinski definition) is 4. The Bertz CT molecular complexity index is 624. The van der Waals surface area contributed by atoms with E-state index in [4.69, 9.17) is 9.47 Å². The highest BCUT2D eigenvalue weighted by Gasteiger charge is 2.32. The number of carbonyl (C=O) groups excluding carboxylic acids is 1. The summed E-state index contributed by atoms with van der Waals surface area (Å²) in [6.07, 6.45) is 3.39. The van der Waals surface area contributed by atoms with Crippen molar-refractivity contribution in [1.29, 1.82) is 0 Å². The summed E-state index contributed by atoms with van der Waals surface area (Å²) in [6.45, 7) is 7.75. The van der Waals surface area contributed by atoms with Gasteiger partial charge in [0, 0.05) is 30.8 Å². The van der Waals surface area contributed by atoms with Crippen LogP contribution < -0.4 is 9.47 Å². The van der Waals surface area contributed by atoms with E-state index in [1.54, 1.807) is 14.2 Å². The lowest BCUT2D eigenvalue weighted by atomic mass is 9.92. The molecule has 0 aliphatic carbocycles. The first-order valence-corrected chi connectivity index (χ1v) is 9.75. The fourth-order valence-electron chi connectivity index (χ4n) is 4.60.